The standard InChI is InChI=1S/C9H15N3O2/c1-6-8(9(13)11-12(6)2)7-5-14-4-3-10-7/h7,10H,3-5H2,1-2H3,(H,11,13). The molecule has 0 saturated carbocycles. The van der Waals surface area contributed by atoms with Gasteiger partial charge in [0.25, 0.3) is 5.56 Å². The first-order chi connectivity index (χ1) is 6.70. The van der Waals surface area contributed by atoms with Gasteiger partial charge in [0.2, 0.25) is 0 Å². The average Bonchev–Trinajstić information content (AvgIpc) is 2.43. The third kappa shape index (κ3) is 1.49. The lowest BCUT2D eigenvalue weighted by Gasteiger charge is -2.23. The van der Waals surface area contributed by atoms with Crippen molar-refractivity contribution in [1.82, 2.24) is 15.1 Å². The van der Waals surface area contributed by atoms with Crippen molar-refractivity contribution in [2.45, 2.75) is 13.0 Å². The summed E-state index contributed by atoms with van der Waals surface area (Å²) in [6.45, 7) is 4.04. The summed E-state index contributed by atoms with van der Waals surface area (Å²) in [5.74, 6) is 0. The summed E-state index contributed by atoms with van der Waals surface area (Å²) in [7, 11) is 1.84. The molecule has 0 bridgehead atoms. The highest BCUT2D eigenvalue weighted by atomic mass is 16.5. The lowest BCUT2D eigenvalue weighted by Crippen LogP contribution is -2.37. The maximum absolute atomic E-state index is 11.6. The van der Waals surface area contributed by atoms with Gasteiger partial charge in [-0.05, 0) is 6.92 Å². The van der Waals surface area contributed by atoms with Crippen LogP contribution in [0.1, 0.15) is 17.3 Å². The van der Waals surface area contributed by atoms with Crippen molar-refractivity contribution in [3.8, 4) is 0 Å². The zero-order chi connectivity index (χ0) is 10.1. The lowest BCUT2D eigenvalue weighted by atomic mass is 10.1. The van der Waals surface area contributed by atoms with E-state index in [1.165, 1.54) is 0 Å². The minimum Gasteiger partial charge on any atom is -0.378 e. The Morgan fingerprint density at radius 3 is 2.86 bits per heavy atom. The number of H-pyrrole nitrogens is 1. The van der Waals surface area contributed by atoms with Gasteiger partial charge in [0.1, 0.15) is 0 Å². The van der Waals surface area contributed by atoms with Crippen molar-refractivity contribution in [2.75, 3.05) is 19.8 Å². The highest BCUT2D eigenvalue weighted by Gasteiger charge is 2.22. The monoisotopic (exact) mass is 197 g/mol. The molecule has 2 N–H and O–H groups in total. The topological polar surface area (TPSA) is 59.0 Å². The number of nitrogens with one attached hydrogen (secondary N) is 2. The second kappa shape index (κ2) is 3.59. The van der Waals surface area contributed by atoms with E-state index in [2.05, 4.69) is 10.4 Å². The molecule has 2 rings (SSSR count). The van der Waals surface area contributed by atoms with Gasteiger partial charge in [-0.1, -0.05) is 0 Å². The summed E-state index contributed by atoms with van der Waals surface area (Å²) in [6.07, 6.45) is 0. The van der Waals surface area contributed by atoms with Crippen LogP contribution in [0.2, 0.25) is 0 Å². The Morgan fingerprint density at radius 1 is 1.57 bits per heavy atom. The molecule has 1 fully saturated rings. The minimum atomic E-state index is -0.0204. The largest absolute Gasteiger partial charge is 0.378 e. The van der Waals surface area contributed by atoms with Gasteiger partial charge >= 0.3 is 0 Å². The van der Waals surface area contributed by atoms with E-state index in [0.29, 0.717) is 6.61 Å². The third-order valence-corrected chi connectivity index (χ3v) is 2.68. The fourth-order valence-electron chi connectivity index (χ4n) is 1.80. The van der Waals surface area contributed by atoms with Crippen LogP contribution in [0, 0.1) is 6.92 Å². The minimum absolute atomic E-state index is 0.0204. The van der Waals surface area contributed by atoms with E-state index in [4.69, 9.17) is 4.74 Å². The van der Waals surface area contributed by atoms with Crippen molar-refractivity contribution in [3.63, 3.8) is 0 Å². The number of aryl methyl sites for hydroxylation is 1. The highest BCUT2D eigenvalue weighted by molar-refractivity contribution is 5.21. The van der Waals surface area contributed by atoms with Crippen LogP contribution in [-0.2, 0) is 11.8 Å². The second-order valence-electron chi connectivity index (χ2n) is 3.58. The Labute approximate surface area is 82.0 Å². The predicted molar refractivity (Wildman–Crippen MR) is 52.3 cm³/mol. The molecule has 0 aromatic carbocycles. The fourth-order valence-corrected chi connectivity index (χ4v) is 1.80. The summed E-state index contributed by atoms with van der Waals surface area (Å²) >= 11 is 0. The van der Waals surface area contributed by atoms with E-state index in [9.17, 15) is 4.79 Å². The first kappa shape index (κ1) is 9.48. The molecule has 5 heteroatoms. The molecule has 1 aliphatic rings. The Morgan fingerprint density at radius 2 is 2.36 bits per heavy atom. The van der Waals surface area contributed by atoms with E-state index >= 15 is 0 Å². The summed E-state index contributed by atoms with van der Waals surface area (Å²) in [5, 5.41) is 6.01. The molecular formula is C9H15N3O2. The van der Waals surface area contributed by atoms with Gasteiger partial charge in [-0.3, -0.25) is 14.6 Å². The van der Waals surface area contributed by atoms with Crippen molar-refractivity contribution < 1.29 is 4.74 Å². The molecule has 0 aliphatic carbocycles. The fraction of sp³-hybridized carbons (Fsp3) is 0.667. The van der Waals surface area contributed by atoms with Gasteiger partial charge in [-0.15, -0.1) is 0 Å². The Kier molecular flexibility index (Phi) is 2.43. The lowest BCUT2D eigenvalue weighted by molar-refractivity contribution is 0.0764. The van der Waals surface area contributed by atoms with Crippen molar-refractivity contribution in [1.29, 1.82) is 0 Å². The van der Waals surface area contributed by atoms with Crippen LogP contribution in [0.15, 0.2) is 4.79 Å². The molecule has 5 nitrogen and oxygen atoms in total. The smallest absolute Gasteiger partial charge is 0.269 e. The van der Waals surface area contributed by atoms with Crippen LogP contribution in [0.4, 0.5) is 0 Å². The second-order valence-corrected chi connectivity index (χ2v) is 3.58. The van der Waals surface area contributed by atoms with Crippen molar-refractivity contribution >= 4 is 0 Å². The van der Waals surface area contributed by atoms with Crippen LogP contribution in [-0.4, -0.2) is 29.5 Å². The Bertz CT molecular complexity index is 374. The molecule has 0 amide bonds. The van der Waals surface area contributed by atoms with Gasteiger partial charge < -0.3 is 10.1 Å². The quantitative estimate of drug-likeness (QED) is 0.649. The van der Waals surface area contributed by atoms with Crippen LogP contribution in [0.5, 0.6) is 0 Å². The molecule has 1 atom stereocenters. The molecule has 78 valence electrons. The molecule has 1 aromatic rings. The molecule has 1 saturated heterocycles. The van der Waals surface area contributed by atoms with Gasteiger partial charge in [0, 0.05) is 19.3 Å². The number of rotatable bonds is 1. The maximum atomic E-state index is 11.6. The van der Waals surface area contributed by atoms with Crippen molar-refractivity contribution in [2.24, 2.45) is 7.05 Å². The molecule has 1 aromatic heterocycles. The van der Waals surface area contributed by atoms with Gasteiger partial charge in [-0.2, -0.15) is 0 Å². The number of hydrogen-bond donors (Lipinski definition) is 2. The first-order valence-corrected chi connectivity index (χ1v) is 4.77. The third-order valence-electron chi connectivity index (χ3n) is 2.68. The number of morpholine rings is 1. The number of aromatic nitrogens is 2. The van der Waals surface area contributed by atoms with E-state index in [1.807, 2.05) is 14.0 Å². The number of nitrogens with zero attached hydrogens (tertiary/aromatic N) is 1. The normalized spacial score (nSPS) is 22.6. The molecular weight excluding hydrogens is 182 g/mol. The van der Waals surface area contributed by atoms with Crippen molar-refractivity contribution in [3.05, 3.63) is 21.6 Å². The molecule has 1 unspecified atom stereocenters. The van der Waals surface area contributed by atoms with Gasteiger partial charge in [-0.25, -0.2) is 0 Å². The zero-order valence-electron chi connectivity index (χ0n) is 8.46. The number of ether oxygens (including phenoxy) is 1. The molecule has 0 radical (unpaired) electrons. The maximum Gasteiger partial charge on any atom is 0.269 e. The average molecular weight is 197 g/mol. The molecule has 1 aliphatic heterocycles. The number of aromatic amines is 1. The highest BCUT2D eigenvalue weighted by Crippen LogP contribution is 2.14. The molecule has 0 spiro atoms. The van der Waals surface area contributed by atoms with E-state index in [0.717, 1.165) is 24.4 Å². The molecule has 14 heavy (non-hydrogen) atoms. The van der Waals surface area contributed by atoms with Gasteiger partial charge in [0.15, 0.2) is 0 Å². The summed E-state index contributed by atoms with van der Waals surface area (Å²) in [4.78, 5) is 11.6. The molecule has 2 heterocycles. The summed E-state index contributed by atoms with van der Waals surface area (Å²) in [6, 6.07) is 0.0358. The van der Waals surface area contributed by atoms with E-state index in [-0.39, 0.29) is 11.6 Å². The Balaban J connectivity index is 2.34. The van der Waals surface area contributed by atoms with Crippen LogP contribution in [0.25, 0.3) is 0 Å². The van der Waals surface area contributed by atoms with E-state index < -0.39 is 0 Å². The summed E-state index contributed by atoms with van der Waals surface area (Å²) in [5.41, 5.74) is 1.75. The predicted octanol–water partition coefficient (Wildman–Crippen LogP) is -0.317. The Hall–Kier alpha value is -1.07. The first-order valence-electron chi connectivity index (χ1n) is 4.77. The number of hydrogen-bond acceptors (Lipinski definition) is 3. The van der Waals surface area contributed by atoms with E-state index in [1.54, 1.807) is 4.68 Å². The zero-order valence-corrected chi connectivity index (χ0v) is 8.46. The SMILES string of the molecule is Cc1c(C2COCCN2)c(=O)[nH]n1C. The van der Waals surface area contributed by atoms with Crippen LogP contribution < -0.4 is 10.9 Å². The summed E-state index contributed by atoms with van der Waals surface area (Å²) < 4.78 is 7.08. The van der Waals surface area contributed by atoms with Crippen LogP contribution in [0.3, 0.4) is 0 Å². The van der Waals surface area contributed by atoms with Gasteiger partial charge in [0.05, 0.1) is 24.8 Å². The van der Waals surface area contributed by atoms with Crippen LogP contribution >= 0.6 is 0 Å².